The Balaban J connectivity index is 2.12. The molecule has 0 spiro atoms. The highest BCUT2D eigenvalue weighted by Crippen LogP contribution is 2.48. The lowest BCUT2D eigenvalue weighted by Crippen LogP contribution is -2.41. The number of unbranched alkanes of at least 4 members (excludes halogenated alkanes) is 1. The molecule has 2 rings (SSSR count). The molecule has 1 aromatic rings. The lowest BCUT2D eigenvalue weighted by atomic mass is 10.0. The van der Waals surface area contributed by atoms with Crippen LogP contribution in [0.3, 0.4) is 0 Å². The topological polar surface area (TPSA) is 75.7 Å². The van der Waals surface area contributed by atoms with E-state index in [1.165, 1.54) is 0 Å². The van der Waals surface area contributed by atoms with Crippen molar-refractivity contribution in [2.24, 2.45) is 5.41 Å². The minimum atomic E-state index is -0.996. The summed E-state index contributed by atoms with van der Waals surface area (Å²) in [6.07, 6.45) is 2.97. The van der Waals surface area contributed by atoms with Gasteiger partial charge in [-0.3, -0.25) is 9.59 Å². The number of rotatable bonds is 8. The van der Waals surface area contributed by atoms with Gasteiger partial charge < -0.3 is 15.0 Å². The number of benzene rings is 1. The van der Waals surface area contributed by atoms with E-state index in [1.807, 2.05) is 0 Å². The van der Waals surface area contributed by atoms with Crippen LogP contribution >= 0.6 is 0 Å². The molecule has 1 N–H and O–H groups in total. The van der Waals surface area contributed by atoms with Gasteiger partial charge in [0.25, 0.3) is 0 Å². The van der Waals surface area contributed by atoms with Crippen molar-refractivity contribution < 1.29 is 19.1 Å². The number of nitrogens with zero attached hydrogens (tertiary/aromatic N) is 1. The van der Waals surface area contributed by atoms with E-state index in [4.69, 9.17) is 4.74 Å². The van der Waals surface area contributed by atoms with Gasteiger partial charge in [0.05, 0.1) is 17.9 Å². The van der Waals surface area contributed by atoms with Crippen molar-refractivity contribution in [1.29, 1.82) is 0 Å². The number of carbonyl (C=O) groups excluding carboxylic acids is 3. The van der Waals surface area contributed by atoms with Gasteiger partial charge in [0.1, 0.15) is 5.41 Å². The summed E-state index contributed by atoms with van der Waals surface area (Å²) in [6, 6.07) is 6.68. The zero-order valence-electron chi connectivity index (χ0n) is 15.1. The van der Waals surface area contributed by atoms with Gasteiger partial charge in [-0.2, -0.15) is 0 Å². The lowest BCUT2D eigenvalue weighted by Gasteiger charge is -2.23. The summed E-state index contributed by atoms with van der Waals surface area (Å²) in [6.45, 7) is 4.68. The van der Waals surface area contributed by atoms with Gasteiger partial charge in [-0.05, 0) is 38.3 Å². The molecule has 136 valence electrons. The van der Waals surface area contributed by atoms with E-state index in [9.17, 15) is 14.4 Å². The molecule has 1 aromatic carbocycles. The summed E-state index contributed by atoms with van der Waals surface area (Å²) in [5.74, 6) is -0.987. The summed E-state index contributed by atoms with van der Waals surface area (Å²) >= 11 is 0. The number of hydrogen-bond donors (Lipinski definition) is 1. The zero-order valence-corrected chi connectivity index (χ0v) is 15.1. The van der Waals surface area contributed by atoms with Gasteiger partial charge in [-0.1, -0.05) is 25.5 Å². The fraction of sp³-hybridized carbons (Fsp3) is 0.526. The normalized spacial score (nSPS) is 14.5. The zero-order chi connectivity index (χ0) is 18.4. The number of para-hydroxylation sites is 1. The third-order valence-corrected chi connectivity index (χ3v) is 4.46. The van der Waals surface area contributed by atoms with Gasteiger partial charge in [-0.15, -0.1) is 0 Å². The van der Waals surface area contributed by atoms with E-state index < -0.39 is 11.4 Å². The summed E-state index contributed by atoms with van der Waals surface area (Å²) in [5.41, 5.74) is -0.328. The lowest BCUT2D eigenvalue weighted by molar-refractivity contribution is -0.141. The van der Waals surface area contributed by atoms with Crippen LogP contribution in [0.4, 0.5) is 5.69 Å². The van der Waals surface area contributed by atoms with Crippen LogP contribution in [0, 0.1) is 5.41 Å². The van der Waals surface area contributed by atoms with Gasteiger partial charge >= 0.3 is 5.97 Å². The molecule has 0 aliphatic heterocycles. The van der Waals surface area contributed by atoms with Crippen molar-refractivity contribution in [3.8, 4) is 0 Å². The Hall–Kier alpha value is -2.37. The number of hydrogen-bond acceptors (Lipinski definition) is 4. The van der Waals surface area contributed by atoms with Crippen LogP contribution in [0.1, 0.15) is 49.9 Å². The molecule has 1 aliphatic carbocycles. The van der Waals surface area contributed by atoms with E-state index >= 15 is 0 Å². The van der Waals surface area contributed by atoms with Crippen molar-refractivity contribution in [3.05, 3.63) is 29.8 Å². The summed E-state index contributed by atoms with van der Waals surface area (Å²) in [7, 11) is 1.73. The number of anilines is 1. The Labute approximate surface area is 148 Å². The highest BCUT2D eigenvalue weighted by atomic mass is 16.5. The van der Waals surface area contributed by atoms with Crippen molar-refractivity contribution in [1.82, 2.24) is 4.90 Å². The number of esters is 1. The second-order valence-corrected chi connectivity index (χ2v) is 6.38. The molecular weight excluding hydrogens is 320 g/mol. The van der Waals surface area contributed by atoms with Gasteiger partial charge in [0, 0.05) is 13.6 Å². The highest BCUT2D eigenvalue weighted by molar-refractivity contribution is 6.14. The minimum absolute atomic E-state index is 0.146. The van der Waals surface area contributed by atoms with Crippen LogP contribution < -0.4 is 5.32 Å². The van der Waals surface area contributed by atoms with Crippen LogP contribution in [0.15, 0.2) is 24.3 Å². The van der Waals surface area contributed by atoms with Crippen molar-refractivity contribution in [2.45, 2.75) is 39.5 Å². The quantitative estimate of drug-likeness (QED) is 0.580. The average molecular weight is 346 g/mol. The Kier molecular flexibility index (Phi) is 6.17. The predicted molar refractivity (Wildman–Crippen MR) is 95.2 cm³/mol. The average Bonchev–Trinajstić information content (AvgIpc) is 3.41. The summed E-state index contributed by atoms with van der Waals surface area (Å²) in [4.78, 5) is 39.1. The maximum Gasteiger partial charge on any atom is 0.340 e. The van der Waals surface area contributed by atoms with Gasteiger partial charge in [-0.25, -0.2) is 4.79 Å². The molecule has 1 fully saturated rings. The molecule has 25 heavy (non-hydrogen) atoms. The standard InChI is InChI=1S/C19H26N2O4/c1-4-6-13-21(3)18(24)19(11-12-19)17(23)20-15-10-8-7-9-14(15)16(22)25-5-2/h7-10H,4-6,11-13H2,1-3H3,(H,20,23). The molecule has 0 saturated heterocycles. The Morgan fingerprint density at radius 3 is 2.48 bits per heavy atom. The molecule has 0 bridgehead atoms. The fourth-order valence-electron chi connectivity index (χ4n) is 2.75. The molecule has 6 nitrogen and oxygen atoms in total. The molecule has 0 radical (unpaired) electrons. The maximum absolute atomic E-state index is 12.7. The molecule has 1 aliphatic rings. The first-order valence-electron chi connectivity index (χ1n) is 8.79. The van der Waals surface area contributed by atoms with E-state index in [-0.39, 0.29) is 18.4 Å². The van der Waals surface area contributed by atoms with Crippen LogP contribution in [-0.2, 0) is 14.3 Å². The van der Waals surface area contributed by atoms with Gasteiger partial charge in [0.2, 0.25) is 11.8 Å². The van der Waals surface area contributed by atoms with Crippen molar-refractivity contribution in [2.75, 3.05) is 25.5 Å². The second-order valence-electron chi connectivity index (χ2n) is 6.38. The number of ether oxygens (including phenoxy) is 1. The fourth-order valence-corrected chi connectivity index (χ4v) is 2.75. The first kappa shape index (κ1) is 19.0. The first-order valence-corrected chi connectivity index (χ1v) is 8.79. The molecular formula is C19H26N2O4. The highest BCUT2D eigenvalue weighted by Gasteiger charge is 2.57. The Morgan fingerprint density at radius 2 is 1.88 bits per heavy atom. The summed E-state index contributed by atoms with van der Waals surface area (Å²) < 4.78 is 5.02. The number of carbonyl (C=O) groups is 3. The largest absolute Gasteiger partial charge is 0.462 e. The van der Waals surface area contributed by atoms with Crippen LogP contribution in [0.25, 0.3) is 0 Å². The molecule has 0 heterocycles. The molecule has 1 saturated carbocycles. The molecule has 0 unspecified atom stereocenters. The number of nitrogens with one attached hydrogen (secondary N) is 1. The van der Waals surface area contributed by atoms with E-state index in [1.54, 1.807) is 43.1 Å². The summed E-state index contributed by atoms with van der Waals surface area (Å²) in [5, 5.41) is 2.76. The molecule has 2 amide bonds. The van der Waals surface area contributed by atoms with E-state index in [2.05, 4.69) is 12.2 Å². The van der Waals surface area contributed by atoms with Gasteiger partial charge in [0.15, 0.2) is 0 Å². The van der Waals surface area contributed by atoms with Crippen LogP contribution in [-0.4, -0.2) is 42.9 Å². The maximum atomic E-state index is 12.7. The molecule has 6 heteroatoms. The third-order valence-electron chi connectivity index (χ3n) is 4.46. The third kappa shape index (κ3) is 4.18. The van der Waals surface area contributed by atoms with Crippen molar-refractivity contribution >= 4 is 23.5 Å². The predicted octanol–water partition coefficient (Wildman–Crippen LogP) is 2.84. The molecule has 0 atom stereocenters. The SMILES string of the molecule is CCCCN(C)C(=O)C1(C(=O)Nc2ccccc2C(=O)OCC)CC1. The van der Waals surface area contributed by atoms with Crippen LogP contribution in [0.5, 0.6) is 0 Å². The number of amides is 2. The van der Waals surface area contributed by atoms with E-state index in [0.717, 1.165) is 12.8 Å². The molecule has 0 aromatic heterocycles. The monoisotopic (exact) mass is 346 g/mol. The Bertz CT molecular complexity index is 653. The Morgan fingerprint density at radius 1 is 1.20 bits per heavy atom. The van der Waals surface area contributed by atoms with Crippen molar-refractivity contribution in [3.63, 3.8) is 0 Å². The first-order chi connectivity index (χ1) is 12.0. The second kappa shape index (κ2) is 8.14. The van der Waals surface area contributed by atoms with E-state index in [0.29, 0.717) is 30.6 Å². The smallest absolute Gasteiger partial charge is 0.340 e. The van der Waals surface area contributed by atoms with Crippen LogP contribution in [0.2, 0.25) is 0 Å². The minimum Gasteiger partial charge on any atom is -0.462 e.